The van der Waals surface area contributed by atoms with E-state index in [9.17, 15) is 0 Å². The number of anilines is 3. The fraction of sp³-hybridized carbons (Fsp3) is 0.143. The molecule has 0 aliphatic heterocycles. The maximum absolute atomic E-state index is 6.54. The Morgan fingerprint density at radius 3 is 1.72 bits per heavy atom. The number of furan rings is 1. The van der Waals surface area contributed by atoms with Gasteiger partial charge < -0.3 is 9.32 Å². The smallest absolute Gasteiger partial charge is 0.143 e. The standard InChI is InChI=1S/C63H49NO/c1-61(2)51-22-12-10-18-44(51)45-33-31-42(35-54(45)61)64(41-29-26-39(27-30-41)38-16-8-7-9-17-38)57-24-15-23-52-59(57)50-37-55-49(36-56(50)62(52,3)4)46-32-28-40(34-53(46)63(55,5)6)43-20-14-21-48-47-19-11-13-25-58(47)65-60(43)48/h7-37H,1-6H3. The first-order chi connectivity index (χ1) is 31.5. The Kier molecular flexibility index (Phi) is 7.80. The summed E-state index contributed by atoms with van der Waals surface area (Å²) < 4.78 is 6.54. The van der Waals surface area contributed by atoms with E-state index in [1.165, 1.54) is 89.1 Å². The minimum absolute atomic E-state index is 0.127. The lowest BCUT2D eigenvalue weighted by atomic mass is 9.79. The molecule has 0 bridgehead atoms. The van der Waals surface area contributed by atoms with E-state index in [1.807, 2.05) is 6.07 Å². The van der Waals surface area contributed by atoms with Gasteiger partial charge in [-0.3, -0.25) is 0 Å². The lowest BCUT2D eigenvalue weighted by Gasteiger charge is -2.30. The van der Waals surface area contributed by atoms with Crippen LogP contribution in [0.5, 0.6) is 0 Å². The zero-order valence-corrected chi connectivity index (χ0v) is 37.8. The van der Waals surface area contributed by atoms with E-state index in [-0.39, 0.29) is 16.2 Å². The number of para-hydroxylation sites is 2. The molecule has 0 spiro atoms. The molecule has 0 radical (unpaired) electrons. The van der Waals surface area contributed by atoms with E-state index in [0.29, 0.717) is 0 Å². The summed E-state index contributed by atoms with van der Waals surface area (Å²) in [5.41, 5.74) is 25.7. The molecule has 1 aromatic heterocycles. The lowest BCUT2D eigenvalue weighted by Crippen LogP contribution is -2.17. The average molecular weight is 836 g/mol. The first-order valence-corrected chi connectivity index (χ1v) is 23.1. The van der Waals surface area contributed by atoms with Crippen molar-refractivity contribution in [2.75, 3.05) is 4.90 Å². The van der Waals surface area contributed by atoms with Gasteiger partial charge in [-0.05, 0) is 132 Å². The van der Waals surface area contributed by atoms with Crippen LogP contribution in [0.4, 0.5) is 17.1 Å². The highest BCUT2D eigenvalue weighted by atomic mass is 16.3. The van der Waals surface area contributed by atoms with Gasteiger partial charge in [0.25, 0.3) is 0 Å². The highest BCUT2D eigenvalue weighted by Crippen LogP contribution is 2.60. The van der Waals surface area contributed by atoms with Crippen LogP contribution in [0.1, 0.15) is 74.9 Å². The number of benzene rings is 9. The zero-order chi connectivity index (χ0) is 44.0. The zero-order valence-electron chi connectivity index (χ0n) is 37.8. The van der Waals surface area contributed by atoms with Crippen molar-refractivity contribution in [2.45, 2.75) is 57.8 Å². The number of fused-ring (bicyclic) bond motifs is 12. The first-order valence-electron chi connectivity index (χ1n) is 23.1. The molecule has 0 saturated carbocycles. The van der Waals surface area contributed by atoms with Gasteiger partial charge in [-0.15, -0.1) is 0 Å². The summed E-state index contributed by atoms with van der Waals surface area (Å²) in [5.74, 6) is 0. The Bertz CT molecular complexity index is 3620. The van der Waals surface area contributed by atoms with E-state index >= 15 is 0 Å². The summed E-state index contributed by atoms with van der Waals surface area (Å²) in [6, 6.07) is 70.1. The SMILES string of the molecule is CC1(C)c2ccccc2-c2ccc(N(c3ccc(-c4ccccc4)cc3)c3cccc4c3-c3cc5c(cc3C4(C)C)-c3ccc(-c4cccc6c4oc4ccccc46)cc3C5(C)C)cc21. The molecular formula is C63H49NO. The van der Waals surface area contributed by atoms with Crippen molar-refractivity contribution in [3.8, 4) is 55.6 Å². The van der Waals surface area contributed by atoms with E-state index in [1.54, 1.807) is 0 Å². The van der Waals surface area contributed by atoms with Gasteiger partial charge in [0.05, 0.1) is 5.69 Å². The number of hydrogen-bond acceptors (Lipinski definition) is 2. The van der Waals surface area contributed by atoms with Crippen LogP contribution in [0, 0.1) is 0 Å². The van der Waals surface area contributed by atoms with Crippen LogP contribution in [0.15, 0.2) is 192 Å². The van der Waals surface area contributed by atoms with E-state index in [2.05, 4.69) is 228 Å². The Balaban J connectivity index is 0.977. The minimum atomic E-state index is -0.229. The molecular weight excluding hydrogens is 787 g/mol. The second-order valence-corrected chi connectivity index (χ2v) is 20.1. The predicted molar refractivity (Wildman–Crippen MR) is 272 cm³/mol. The first kappa shape index (κ1) is 38.1. The third-order valence-electron chi connectivity index (χ3n) is 15.5. The summed E-state index contributed by atoms with van der Waals surface area (Å²) >= 11 is 0. The van der Waals surface area contributed by atoms with Crippen LogP contribution >= 0.6 is 0 Å². The Hall–Kier alpha value is -7.42. The van der Waals surface area contributed by atoms with Crippen LogP contribution in [0.3, 0.4) is 0 Å². The summed E-state index contributed by atoms with van der Waals surface area (Å²) in [4.78, 5) is 2.52. The van der Waals surface area contributed by atoms with Gasteiger partial charge in [-0.25, -0.2) is 0 Å². The topological polar surface area (TPSA) is 16.4 Å². The van der Waals surface area contributed by atoms with Crippen LogP contribution in [-0.4, -0.2) is 0 Å². The largest absolute Gasteiger partial charge is 0.455 e. The normalized spacial score (nSPS) is 15.3. The van der Waals surface area contributed by atoms with Crippen LogP contribution < -0.4 is 4.90 Å². The molecule has 0 saturated heterocycles. The van der Waals surface area contributed by atoms with Gasteiger partial charge in [0, 0.05) is 49.5 Å². The third-order valence-corrected chi connectivity index (χ3v) is 15.5. The molecule has 65 heavy (non-hydrogen) atoms. The maximum Gasteiger partial charge on any atom is 0.143 e. The number of nitrogens with zero attached hydrogens (tertiary/aromatic N) is 1. The highest BCUT2D eigenvalue weighted by molar-refractivity contribution is 6.10. The molecule has 10 aromatic rings. The molecule has 2 nitrogen and oxygen atoms in total. The quantitative estimate of drug-likeness (QED) is 0.172. The van der Waals surface area contributed by atoms with Crippen molar-refractivity contribution in [1.82, 2.24) is 0 Å². The number of rotatable bonds is 5. The summed E-state index contributed by atoms with van der Waals surface area (Å²) in [7, 11) is 0. The van der Waals surface area contributed by atoms with E-state index < -0.39 is 0 Å². The molecule has 13 rings (SSSR count). The Labute approximate surface area is 381 Å². The molecule has 2 heteroatoms. The molecule has 0 unspecified atom stereocenters. The molecule has 3 aliphatic rings. The summed E-state index contributed by atoms with van der Waals surface area (Å²) in [6.45, 7) is 14.4. The fourth-order valence-corrected chi connectivity index (χ4v) is 12.0. The summed E-state index contributed by atoms with van der Waals surface area (Å²) in [5, 5.41) is 2.31. The van der Waals surface area contributed by atoms with Crippen molar-refractivity contribution in [3.05, 3.63) is 221 Å². The summed E-state index contributed by atoms with van der Waals surface area (Å²) in [6.07, 6.45) is 0. The second-order valence-electron chi connectivity index (χ2n) is 20.1. The third kappa shape index (κ3) is 5.29. The molecule has 0 fully saturated rings. The van der Waals surface area contributed by atoms with Crippen LogP contribution in [0.25, 0.3) is 77.6 Å². The Morgan fingerprint density at radius 2 is 0.877 bits per heavy atom. The van der Waals surface area contributed by atoms with Crippen molar-refractivity contribution in [2.24, 2.45) is 0 Å². The molecule has 3 aliphatic carbocycles. The van der Waals surface area contributed by atoms with Gasteiger partial charge in [0.2, 0.25) is 0 Å². The molecule has 0 atom stereocenters. The fourth-order valence-electron chi connectivity index (χ4n) is 12.0. The van der Waals surface area contributed by atoms with Crippen molar-refractivity contribution in [1.29, 1.82) is 0 Å². The van der Waals surface area contributed by atoms with Crippen LogP contribution in [-0.2, 0) is 16.2 Å². The van der Waals surface area contributed by atoms with Crippen molar-refractivity contribution in [3.63, 3.8) is 0 Å². The van der Waals surface area contributed by atoms with Gasteiger partial charge in [-0.2, -0.15) is 0 Å². The number of hydrogen-bond donors (Lipinski definition) is 0. The van der Waals surface area contributed by atoms with Gasteiger partial charge >= 0.3 is 0 Å². The van der Waals surface area contributed by atoms with E-state index in [0.717, 1.165) is 38.9 Å². The van der Waals surface area contributed by atoms with Gasteiger partial charge in [0.1, 0.15) is 11.2 Å². The second kappa shape index (κ2) is 13.3. The molecule has 0 amide bonds. The molecule has 9 aromatic carbocycles. The molecule has 0 N–H and O–H groups in total. The predicted octanol–water partition coefficient (Wildman–Crippen LogP) is 17.3. The van der Waals surface area contributed by atoms with Gasteiger partial charge in [-0.1, -0.05) is 175 Å². The highest BCUT2D eigenvalue weighted by Gasteiger charge is 2.44. The maximum atomic E-state index is 6.54. The monoisotopic (exact) mass is 835 g/mol. The van der Waals surface area contributed by atoms with E-state index in [4.69, 9.17) is 4.42 Å². The average Bonchev–Trinajstić information content (AvgIpc) is 3.97. The molecule has 312 valence electrons. The van der Waals surface area contributed by atoms with Crippen molar-refractivity contribution >= 4 is 39.0 Å². The van der Waals surface area contributed by atoms with Crippen LogP contribution in [0.2, 0.25) is 0 Å². The molecule has 1 heterocycles. The van der Waals surface area contributed by atoms with Crippen molar-refractivity contribution < 1.29 is 4.42 Å². The van der Waals surface area contributed by atoms with Gasteiger partial charge in [0.15, 0.2) is 0 Å². The Morgan fingerprint density at radius 1 is 0.338 bits per heavy atom. The minimum Gasteiger partial charge on any atom is -0.455 e. The lowest BCUT2D eigenvalue weighted by molar-refractivity contribution is 0.652.